The van der Waals surface area contributed by atoms with E-state index in [1.807, 2.05) is 0 Å². The van der Waals surface area contributed by atoms with Crippen LogP contribution in [-0.2, 0) is 11.0 Å². The minimum atomic E-state index is -4.70. The highest BCUT2D eigenvalue weighted by atomic mass is 19.4. The molecule has 0 spiro atoms. The number of aromatic nitrogens is 2. The average molecular weight is 582 g/mol. The van der Waals surface area contributed by atoms with E-state index in [-0.39, 0.29) is 12.5 Å². The summed E-state index contributed by atoms with van der Waals surface area (Å²) in [6.45, 7) is 1.68. The smallest absolute Gasteiger partial charge is 0.366 e. The Balaban J connectivity index is 0.000000389. The van der Waals surface area contributed by atoms with E-state index in [0.717, 1.165) is 6.04 Å². The van der Waals surface area contributed by atoms with Crippen molar-refractivity contribution in [3.05, 3.63) is 41.6 Å². The fourth-order valence-electron chi connectivity index (χ4n) is 4.97. The van der Waals surface area contributed by atoms with E-state index >= 15 is 0 Å². The zero-order chi connectivity index (χ0) is 30.0. The van der Waals surface area contributed by atoms with Crippen LogP contribution < -0.4 is 16.0 Å². The normalized spacial score (nSPS) is 19.8. The number of nitrogens with zero attached hydrogens (tertiary/aromatic N) is 4. The molecule has 0 radical (unpaired) electrons. The number of benzene rings is 1. The zero-order valence-corrected chi connectivity index (χ0v) is 23.7. The van der Waals surface area contributed by atoms with Gasteiger partial charge in [0.05, 0.1) is 5.92 Å². The highest BCUT2D eigenvalue weighted by Crippen LogP contribution is 2.36. The number of piperidine rings is 1. The Labute approximate surface area is 238 Å². The van der Waals surface area contributed by atoms with E-state index in [1.54, 1.807) is 12.1 Å². The molecule has 1 amide bonds. The zero-order valence-electron chi connectivity index (χ0n) is 23.7. The Kier molecular flexibility index (Phi) is 11.8. The summed E-state index contributed by atoms with van der Waals surface area (Å²) in [6, 6.07) is 6.47. The first kappa shape index (κ1) is 32.2. The first-order chi connectivity index (χ1) is 19.5. The topological polar surface area (TPSA) is 102 Å². The third-order valence-electron chi connectivity index (χ3n) is 7.38. The number of aldehydes is 1. The van der Waals surface area contributed by atoms with Crippen LogP contribution in [0, 0.1) is 5.92 Å². The van der Waals surface area contributed by atoms with Crippen molar-refractivity contribution in [3.63, 3.8) is 0 Å². The van der Waals surface area contributed by atoms with Crippen LogP contribution in [0.1, 0.15) is 48.0 Å². The van der Waals surface area contributed by atoms with E-state index in [2.05, 4.69) is 56.9 Å². The molecule has 2 unspecified atom stereocenters. The van der Waals surface area contributed by atoms with Crippen molar-refractivity contribution in [1.29, 1.82) is 0 Å². The summed E-state index contributed by atoms with van der Waals surface area (Å²) in [7, 11) is 6.55. The van der Waals surface area contributed by atoms with Crippen LogP contribution in [0.25, 0.3) is 0 Å². The third-order valence-corrected chi connectivity index (χ3v) is 7.38. The third kappa shape index (κ3) is 9.63. The highest BCUT2D eigenvalue weighted by Gasteiger charge is 2.38. The molecule has 2 heterocycles. The van der Waals surface area contributed by atoms with E-state index in [1.165, 1.54) is 38.1 Å². The predicted molar refractivity (Wildman–Crippen MR) is 150 cm³/mol. The van der Waals surface area contributed by atoms with Gasteiger partial charge in [0.25, 0.3) is 0 Å². The second-order valence-electron chi connectivity index (χ2n) is 10.6. The molecule has 2 fully saturated rings. The number of alkyl halides is 4. The van der Waals surface area contributed by atoms with Gasteiger partial charge >= 0.3 is 6.18 Å². The first-order valence-corrected chi connectivity index (χ1v) is 13.7. The molecule has 1 aliphatic carbocycles. The number of likely N-dealkylation sites (tertiary alicyclic amines) is 1. The van der Waals surface area contributed by atoms with Crippen LogP contribution in [0.2, 0.25) is 0 Å². The van der Waals surface area contributed by atoms with Gasteiger partial charge in [-0.2, -0.15) is 18.2 Å². The Morgan fingerprint density at radius 3 is 2.39 bits per heavy atom. The van der Waals surface area contributed by atoms with Crippen molar-refractivity contribution in [2.45, 2.75) is 50.4 Å². The summed E-state index contributed by atoms with van der Waals surface area (Å²) in [4.78, 5) is 35.4. The molecule has 0 bridgehead atoms. The van der Waals surface area contributed by atoms with Gasteiger partial charge in [-0.1, -0.05) is 6.42 Å². The average Bonchev–Trinajstić information content (AvgIpc) is 3.40. The molecule has 226 valence electrons. The number of carbonyl (C=O) groups excluding carboxylic acids is 2. The maximum absolute atomic E-state index is 13.5. The van der Waals surface area contributed by atoms with Crippen LogP contribution in [0.4, 0.5) is 35.0 Å². The summed E-state index contributed by atoms with van der Waals surface area (Å²) in [5, 5.41) is 7.99. The van der Waals surface area contributed by atoms with Crippen LogP contribution in [-0.4, -0.2) is 91.5 Å². The molecular formula is C28H39F4N7O2. The van der Waals surface area contributed by atoms with Gasteiger partial charge in [-0.3, -0.25) is 9.59 Å². The highest BCUT2D eigenvalue weighted by molar-refractivity contribution is 5.80. The van der Waals surface area contributed by atoms with Crippen molar-refractivity contribution < 1.29 is 27.2 Å². The Bertz CT molecular complexity index is 1120. The summed E-state index contributed by atoms with van der Waals surface area (Å²) in [5.74, 6) is -1.51. The fourth-order valence-corrected chi connectivity index (χ4v) is 4.97. The molecule has 41 heavy (non-hydrogen) atoms. The number of carbonyl (C=O) groups is 2. The molecule has 1 saturated heterocycles. The number of nitrogens with one attached hydrogen (secondary N) is 3. The van der Waals surface area contributed by atoms with Crippen LogP contribution in [0.3, 0.4) is 0 Å². The second kappa shape index (κ2) is 15.1. The SMILES string of the molecule is CN1CCC(N(C)C)CC1.O=Cc1ccc(Nc2ncc(C(F)(F)F)c(NC3CCCC3C(=O)NCCF)n2)cc1. The molecular weight excluding hydrogens is 542 g/mol. The van der Waals surface area contributed by atoms with Gasteiger partial charge in [-0.05, 0) is 84.2 Å². The predicted octanol–water partition coefficient (Wildman–Crippen LogP) is 4.36. The summed E-state index contributed by atoms with van der Waals surface area (Å²) >= 11 is 0. The molecule has 1 saturated carbocycles. The maximum atomic E-state index is 13.5. The minimum Gasteiger partial charge on any atom is -0.366 e. The molecule has 1 aromatic carbocycles. The van der Waals surface area contributed by atoms with Gasteiger partial charge in [0.1, 0.15) is 24.3 Å². The molecule has 1 aliphatic heterocycles. The molecule has 2 atom stereocenters. The van der Waals surface area contributed by atoms with Gasteiger partial charge in [0, 0.05) is 36.1 Å². The van der Waals surface area contributed by atoms with Crippen LogP contribution in [0.5, 0.6) is 0 Å². The number of hydrogen-bond donors (Lipinski definition) is 3. The van der Waals surface area contributed by atoms with Gasteiger partial charge in [0.15, 0.2) is 0 Å². The van der Waals surface area contributed by atoms with Gasteiger partial charge < -0.3 is 25.8 Å². The van der Waals surface area contributed by atoms with Crippen molar-refractivity contribution in [2.24, 2.45) is 5.92 Å². The second-order valence-corrected chi connectivity index (χ2v) is 10.6. The van der Waals surface area contributed by atoms with Crippen LogP contribution in [0.15, 0.2) is 30.5 Å². The van der Waals surface area contributed by atoms with Gasteiger partial charge in [0.2, 0.25) is 11.9 Å². The molecule has 4 rings (SSSR count). The molecule has 13 heteroatoms. The molecule has 3 N–H and O–H groups in total. The van der Waals surface area contributed by atoms with E-state index in [9.17, 15) is 27.2 Å². The quantitative estimate of drug-likeness (QED) is 0.297. The number of hydrogen-bond acceptors (Lipinski definition) is 8. The van der Waals surface area contributed by atoms with Crippen LogP contribution >= 0.6 is 0 Å². The lowest BCUT2D eigenvalue weighted by atomic mass is 10.0. The Morgan fingerprint density at radius 1 is 1.12 bits per heavy atom. The molecule has 2 aliphatic rings. The first-order valence-electron chi connectivity index (χ1n) is 13.7. The van der Waals surface area contributed by atoms with E-state index in [4.69, 9.17) is 0 Å². The summed E-state index contributed by atoms with van der Waals surface area (Å²) < 4.78 is 52.8. The summed E-state index contributed by atoms with van der Waals surface area (Å²) in [5.41, 5.74) is -0.121. The lowest BCUT2D eigenvalue weighted by Crippen LogP contribution is -2.40. The number of anilines is 3. The number of rotatable bonds is 9. The molecule has 1 aromatic heterocycles. The van der Waals surface area contributed by atoms with Gasteiger partial charge in [-0.25, -0.2) is 9.37 Å². The van der Waals surface area contributed by atoms with Crippen molar-refractivity contribution in [2.75, 3.05) is 58.1 Å². The summed E-state index contributed by atoms with van der Waals surface area (Å²) in [6.07, 6.45) is 0.921. The van der Waals surface area contributed by atoms with Crippen molar-refractivity contribution in [3.8, 4) is 0 Å². The monoisotopic (exact) mass is 581 g/mol. The van der Waals surface area contributed by atoms with E-state index in [0.29, 0.717) is 43.0 Å². The van der Waals surface area contributed by atoms with Crippen molar-refractivity contribution >= 4 is 29.6 Å². The standard InChI is InChI=1S/C20H21F4N5O2.C8H18N2/c21-8-9-25-18(31)14-2-1-3-16(14)28-17-15(20(22,23)24)10-26-19(29-17)27-13-6-4-12(11-30)5-7-13;1-9(2)8-4-6-10(3)7-5-8/h4-7,10-11,14,16H,1-3,8-9H2,(H,25,31)(H2,26,27,28,29);8H,4-7H2,1-3H3. The minimum absolute atomic E-state index is 0.0780. The molecule has 9 nitrogen and oxygen atoms in total. The van der Waals surface area contributed by atoms with E-state index < -0.39 is 42.1 Å². The lowest BCUT2D eigenvalue weighted by Gasteiger charge is -2.32. The number of halogens is 4. The van der Waals surface area contributed by atoms with Crippen molar-refractivity contribution in [1.82, 2.24) is 25.1 Å². The maximum Gasteiger partial charge on any atom is 0.421 e. The lowest BCUT2D eigenvalue weighted by molar-refractivity contribution is -0.137. The largest absolute Gasteiger partial charge is 0.421 e. The van der Waals surface area contributed by atoms with Gasteiger partial charge in [-0.15, -0.1) is 0 Å². The Hall–Kier alpha value is -3.32. The number of amides is 1. The fraction of sp³-hybridized carbons (Fsp3) is 0.571. The Morgan fingerprint density at radius 2 is 1.80 bits per heavy atom. The molecule has 2 aromatic rings.